The minimum Gasteiger partial charge on any atom is -0.455 e. The highest BCUT2D eigenvalue weighted by Gasteiger charge is 2.17. The van der Waals surface area contributed by atoms with Gasteiger partial charge in [-0.25, -0.2) is 0 Å². The summed E-state index contributed by atoms with van der Waals surface area (Å²) in [6.07, 6.45) is 1.46. The van der Waals surface area contributed by atoms with Crippen LogP contribution < -0.4 is 5.32 Å². The summed E-state index contributed by atoms with van der Waals surface area (Å²) in [5, 5.41) is 2.81. The Balaban J connectivity index is 2.57. The third-order valence-corrected chi connectivity index (χ3v) is 3.52. The SMILES string of the molecule is CCC(CC)C(=O)OCC(=O)Nc1ccccc1C(C)C. The van der Waals surface area contributed by atoms with E-state index in [2.05, 4.69) is 19.2 Å². The summed E-state index contributed by atoms with van der Waals surface area (Å²) in [5.74, 6) is -0.413. The molecule has 0 spiro atoms. The summed E-state index contributed by atoms with van der Waals surface area (Å²) < 4.78 is 5.07. The second-order valence-corrected chi connectivity index (χ2v) is 5.41. The van der Waals surface area contributed by atoms with Gasteiger partial charge in [0.2, 0.25) is 0 Å². The molecule has 1 rings (SSSR count). The molecule has 1 amide bonds. The van der Waals surface area contributed by atoms with Crippen LogP contribution in [0, 0.1) is 5.92 Å². The average Bonchev–Trinajstić information content (AvgIpc) is 2.46. The largest absolute Gasteiger partial charge is 0.455 e. The molecule has 0 aliphatic carbocycles. The summed E-state index contributed by atoms with van der Waals surface area (Å²) in [6.45, 7) is 7.78. The molecule has 0 aromatic heterocycles. The van der Waals surface area contributed by atoms with Crippen molar-refractivity contribution in [3.05, 3.63) is 29.8 Å². The zero-order valence-corrected chi connectivity index (χ0v) is 13.3. The highest BCUT2D eigenvalue weighted by molar-refractivity contribution is 5.93. The van der Waals surface area contributed by atoms with Crippen molar-refractivity contribution in [3.8, 4) is 0 Å². The van der Waals surface area contributed by atoms with E-state index in [9.17, 15) is 9.59 Å². The van der Waals surface area contributed by atoms with Crippen molar-refractivity contribution in [2.45, 2.75) is 46.5 Å². The topological polar surface area (TPSA) is 55.4 Å². The van der Waals surface area contributed by atoms with Crippen LogP contribution in [0.25, 0.3) is 0 Å². The second kappa shape index (κ2) is 8.45. The molecule has 4 heteroatoms. The fraction of sp³-hybridized carbons (Fsp3) is 0.529. The standard InChI is InChI=1S/C17H25NO3/c1-5-13(6-2)17(20)21-11-16(19)18-15-10-8-7-9-14(15)12(3)4/h7-10,12-13H,5-6,11H2,1-4H3,(H,18,19). The van der Waals surface area contributed by atoms with Crippen molar-refractivity contribution in [1.29, 1.82) is 0 Å². The molecule has 116 valence electrons. The average molecular weight is 291 g/mol. The van der Waals surface area contributed by atoms with Crippen LogP contribution in [0.5, 0.6) is 0 Å². The number of benzene rings is 1. The van der Waals surface area contributed by atoms with Gasteiger partial charge in [-0.15, -0.1) is 0 Å². The molecule has 0 atom stereocenters. The molecule has 21 heavy (non-hydrogen) atoms. The van der Waals surface area contributed by atoms with Crippen LogP contribution in [0.2, 0.25) is 0 Å². The van der Waals surface area contributed by atoms with Gasteiger partial charge in [-0.05, 0) is 30.4 Å². The minimum absolute atomic E-state index is 0.124. The molecule has 0 heterocycles. The predicted octanol–water partition coefficient (Wildman–Crippen LogP) is 3.73. The van der Waals surface area contributed by atoms with Gasteiger partial charge in [0.15, 0.2) is 6.61 Å². The maximum absolute atomic E-state index is 11.9. The van der Waals surface area contributed by atoms with Crippen molar-refractivity contribution in [1.82, 2.24) is 0 Å². The van der Waals surface area contributed by atoms with E-state index < -0.39 is 0 Å². The van der Waals surface area contributed by atoms with Gasteiger partial charge < -0.3 is 10.1 Å². The van der Waals surface area contributed by atoms with Gasteiger partial charge in [-0.3, -0.25) is 9.59 Å². The Kier molecular flexibility index (Phi) is 6.92. The first-order valence-electron chi connectivity index (χ1n) is 7.54. The van der Waals surface area contributed by atoms with Crippen molar-refractivity contribution in [2.75, 3.05) is 11.9 Å². The molecule has 1 aromatic carbocycles. The Hall–Kier alpha value is -1.84. The van der Waals surface area contributed by atoms with Gasteiger partial charge in [-0.2, -0.15) is 0 Å². The summed E-state index contributed by atoms with van der Waals surface area (Å²) in [4.78, 5) is 23.6. The van der Waals surface area contributed by atoms with E-state index >= 15 is 0 Å². The number of nitrogens with one attached hydrogen (secondary N) is 1. The predicted molar refractivity (Wildman–Crippen MR) is 84.2 cm³/mol. The van der Waals surface area contributed by atoms with Crippen LogP contribution in [0.15, 0.2) is 24.3 Å². The highest BCUT2D eigenvalue weighted by atomic mass is 16.5. The van der Waals surface area contributed by atoms with Gasteiger partial charge in [0.25, 0.3) is 5.91 Å². The van der Waals surface area contributed by atoms with Crippen LogP contribution >= 0.6 is 0 Å². The van der Waals surface area contributed by atoms with Gasteiger partial charge in [-0.1, -0.05) is 45.9 Å². The molecule has 4 nitrogen and oxygen atoms in total. The van der Waals surface area contributed by atoms with E-state index in [-0.39, 0.29) is 24.4 Å². The fourth-order valence-electron chi connectivity index (χ4n) is 2.18. The lowest BCUT2D eigenvalue weighted by molar-refractivity contribution is -0.151. The fourth-order valence-corrected chi connectivity index (χ4v) is 2.18. The molecule has 1 N–H and O–H groups in total. The maximum atomic E-state index is 11.9. The monoisotopic (exact) mass is 291 g/mol. The number of ether oxygens (including phenoxy) is 1. The third kappa shape index (κ3) is 5.21. The molecule has 1 aromatic rings. The van der Waals surface area contributed by atoms with E-state index in [1.54, 1.807) is 0 Å². The van der Waals surface area contributed by atoms with Crippen LogP contribution in [0.1, 0.15) is 52.0 Å². The molecule has 0 fully saturated rings. The summed E-state index contributed by atoms with van der Waals surface area (Å²) in [7, 11) is 0. The van der Waals surface area contributed by atoms with Gasteiger partial charge in [0, 0.05) is 5.69 Å². The van der Waals surface area contributed by atoms with Crippen molar-refractivity contribution in [2.24, 2.45) is 5.92 Å². The molecular weight excluding hydrogens is 266 g/mol. The smallest absolute Gasteiger partial charge is 0.309 e. The number of anilines is 1. The number of esters is 1. The second-order valence-electron chi connectivity index (χ2n) is 5.41. The van der Waals surface area contributed by atoms with Crippen molar-refractivity contribution >= 4 is 17.6 Å². The Morgan fingerprint density at radius 3 is 2.33 bits per heavy atom. The Morgan fingerprint density at radius 1 is 1.14 bits per heavy atom. The van der Waals surface area contributed by atoms with E-state index in [1.807, 2.05) is 38.1 Å². The molecule has 0 unspecified atom stereocenters. The lowest BCUT2D eigenvalue weighted by Gasteiger charge is -2.15. The van der Waals surface area contributed by atoms with E-state index in [0.717, 1.165) is 24.1 Å². The van der Waals surface area contributed by atoms with E-state index in [4.69, 9.17) is 4.74 Å². The minimum atomic E-state index is -0.303. The first-order chi connectivity index (χ1) is 9.99. The summed E-state index contributed by atoms with van der Waals surface area (Å²) in [5.41, 5.74) is 1.84. The Morgan fingerprint density at radius 2 is 1.76 bits per heavy atom. The molecular formula is C17H25NO3. The number of para-hydroxylation sites is 1. The number of carbonyl (C=O) groups excluding carboxylic acids is 2. The van der Waals surface area contributed by atoms with Crippen LogP contribution in [0.3, 0.4) is 0 Å². The number of hydrogen-bond acceptors (Lipinski definition) is 3. The number of amides is 1. The van der Waals surface area contributed by atoms with Gasteiger partial charge in [0.05, 0.1) is 5.92 Å². The van der Waals surface area contributed by atoms with Gasteiger partial charge >= 0.3 is 5.97 Å². The van der Waals surface area contributed by atoms with Crippen molar-refractivity contribution in [3.63, 3.8) is 0 Å². The first kappa shape index (κ1) is 17.2. The molecule has 0 saturated heterocycles. The lowest BCUT2D eigenvalue weighted by atomic mass is 10.0. The van der Waals surface area contributed by atoms with Gasteiger partial charge in [0.1, 0.15) is 0 Å². The van der Waals surface area contributed by atoms with Crippen LogP contribution in [-0.4, -0.2) is 18.5 Å². The Bertz CT molecular complexity index is 479. The Labute approximate surface area is 126 Å². The molecule has 0 radical (unpaired) electrons. The number of rotatable bonds is 7. The maximum Gasteiger partial charge on any atom is 0.309 e. The molecule has 0 bridgehead atoms. The molecule has 0 aliphatic rings. The normalized spacial score (nSPS) is 10.8. The zero-order chi connectivity index (χ0) is 15.8. The van der Waals surface area contributed by atoms with E-state index in [1.165, 1.54) is 0 Å². The number of hydrogen-bond donors (Lipinski definition) is 1. The quantitative estimate of drug-likeness (QED) is 0.779. The van der Waals surface area contributed by atoms with E-state index in [0.29, 0.717) is 5.92 Å². The van der Waals surface area contributed by atoms with Crippen LogP contribution in [-0.2, 0) is 14.3 Å². The van der Waals surface area contributed by atoms with Crippen LogP contribution in [0.4, 0.5) is 5.69 Å². The third-order valence-electron chi connectivity index (χ3n) is 3.52. The number of carbonyl (C=O) groups is 2. The first-order valence-corrected chi connectivity index (χ1v) is 7.54. The molecule has 0 saturated carbocycles. The van der Waals surface area contributed by atoms with Crippen molar-refractivity contribution < 1.29 is 14.3 Å². The summed E-state index contributed by atoms with van der Waals surface area (Å²) >= 11 is 0. The zero-order valence-electron chi connectivity index (χ0n) is 13.3. The highest BCUT2D eigenvalue weighted by Crippen LogP contribution is 2.23. The summed E-state index contributed by atoms with van der Waals surface area (Å²) in [6, 6.07) is 7.66. The lowest BCUT2D eigenvalue weighted by Crippen LogP contribution is -2.24. The molecule has 0 aliphatic heterocycles.